The van der Waals surface area contributed by atoms with E-state index in [1.807, 2.05) is 12.1 Å². The molecule has 0 radical (unpaired) electrons. The molecular weight excluding hydrogens is 326 g/mol. The fourth-order valence-electron chi connectivity index (χ4n) is 4.68. The maximum Gasteiger partial charge on any atom is 0.321 e. The smallest absolute Gasteiger partial charge is 0.321 e. The number of hydrogen-bond acceptors (Lipinski definition) is 3. The minimum atomic E-state index is -0.792. The van der Waals surface area contributed by atoms with E-state index in [0.29, 0.717) is 6.42 Å². The number of likely N-dealkylation sites (N-methyl/N-ethyl adjacent to an activating group) is 1. The van der Waals surface area contributed by atoms with Crippen LogP contribution in [-0.4, -0.2) is 34.0 Å². The number of nitrogens with zero attached hydrogens (tertiary/aromatic N) is 1. The highest BCUT2D eigenvalue weighted by Gasteiger charge is 2.41. The summed E-state index contributed by atoms with van der Waals surface area (Å²) in [4.78, 5) is 17.7. The van der Waals surface area contributed by atoms with Gasteiger partial charge in [-0.3, -0.25) is 15.0 Å². The van der Waals surface area contributed by atoms with Crippen molar-refractivity contribution in [1.29, 1.82) is 0 Å². The zero-order chi connectivity index (χ0) is 17.8. The van der Waals surface area contributed by atoms with Crippen LogP contribution in [0.5, 0.6) is 0 Å². The Bertz CT molecular complexity index is 1010. The second-order valence-electron chi connectivity index (χ2n) is 7.36. The molecular formula is C21H21N3O2. The maximum absolute atomic E-state index is 11.8. The summed E-state index contributed by atoms with van der Waals surface area (Å²) < 4.78 is 0. The number of aromatic nitrogens is 1. The monoisotopic (exact) mass is 347 g/mol. The summed E-state index contributed by atoms with van der Waals surface area (Å²) in [6.45, 7) is 0.881. The van der Waals surface area contributed by atoms with Gasteiger partial charge in [-0.05, 0) is 29.8 Å². The van der Waals surface area contributed by atoms with Gasteiger partial charge in [-0.1, -0.05) is 42.5 Å². The largest absolute Gasteiger partial charge is 0.480 e. The number of hydrogen-bond donors (Lipinski definition) is 3. The van der Waals surface area contributed by atoms with Crippen molar-refractivity contribution in [1.82, 2.24) is 15.2 Å². The predicted octanol–water partition coefficient (Wildman–Crippen LogP) is 2.99. The van der Waals surface area contributed by atoms with E-state index in [1.54, 1.807) is 0 Å². The number of carbonyl (C=O) groups is 1. The Kier molecular flexibility index (Phi) is 3.42. The lowest BCUT2D eigenvalue weighted by Crippen LogP contribution is -2.48. The molecule has 3 N–H and O–H groups in total. The molecule has 0 bridgehead atoms. The van der Waals surface area contributed by atoms with Gasteiger partial charge in [0.2, 0.25) is 0 Å². The number of fused-ring (bicyclic) bond motifs is 4. The molecule has 132 valence electrons. The fourth-order valence-corrected chi connectivity index (χ4v) is 4.68. The summed E-state index contributed by atoms with van der Waals surface area (Å²) in [5.74, 6) is -0.792. The zero-order valence-corrected chi connectivity index (χ0v) is 14.6. The predicted molar refractivity (Wildman–Crippen MR) is 100.0 cm³/mol. The van der Waals surface area contributed by atoms with Gasteiger partial charge in [-0.15, -0.1) is 0 Å². The van der Waals surface area contributed by atoms with Crippen molar-refractivity contribution in [2.24, 2.45) is 0 Å². The number of aromatic amines is 1. The summed E-state index contributed by atoms with van der Waals surface area (Å²) >= 11 is 0. The molecule has 26 heavy (non-hydrogen) atoms. The Morgan fingerprint density at radius 1 is 1.15 bits per heavy atom. The third-order valence-corrected chi connectivity index (χ3v) is 5.83. The first-order valence-corrected chi connectivity index (χ1v) is 9.00. The highest BCUT2D eigenvalue weighted by Crippen LogP contribution is 2.44. The fraction of sp³-hybridized carbons (Fsp3) is 0.286. The number of nitrogens with one attached hydrogen (secondary N) is 2. The molecule has 0 amide bonds. The van der Waals surface area contributed by atoms with Crippen LogP contribution < -0.4 is 5.32 Å². The Morgan fingerprint density at radius 2 is 1.92 bits per heavy atom. The molecule has 5 rings (SSSR count). The van der Waals surface area contributed by atoms with Gasteiger partial charge in [0.1, 0.15) is 6.04 Å². The summed E-state index contributed by atoms with van der Waals surface area (Å²) in [6, 6.07) is 16.1. The quantitative estimate of drug-likeness (QED) is 0.667. The van der Waals surface area contributed by atoms with Crippen LogP contribution in [0.25, 0.3) is 10.9 Å². The van der Waals surface area contributed by atoms with Crippen molar-refractivity contribution in [3.05, 3.63) is 70.9 Å². The average molecular weight is 347 g/mol. The van der Waals surface area contributed by atoms with Gasteiger partial charge in [0.15, 0.2) is 0 Å². The Labute approximate surface area is 151 Å². The second kappa shape index (κ2) is 5.69. The lowest BCUT2D eigenvalue weighted by molar-refractivity contribution is -0.140. The van der Waals surface area contributed by atoms with Gasteiger partial charge in [0.05, 0.1) is 12.1 Å². The first-order valence-electron chi connectivity index (χ1n) is 9.00. The van der Waals surface area contributed by atoms with Crippen LogP contribution in [0.3, 0.4) is 0 Å². The highest BCUT2D eigenvalue weighted by atomic mass is 16.4. The van der Waals surface area contributed by atoms with Gasteiger partial charge in [0, 0.05) is 29.6 Å². The first-order chi connectivity index (χ1) is 12.6. The third-order valence-electron chi connectivity index (χ3n) is 5.83. The molecule has 0 saturated carbocycles. The molecule has 3 unspecified atom stereocenters. The van der Waals surface area contributed by atoms with E-state index in [2.05, 4.69) is 58.6 Å². The third kappa shape index (κ3) is 2.21. The van der Waals surface area contributed by atoms with E-state index >= 15 is 0 Å². The van der Waals surface area contributed by atoms with Crippen LogP contribution in [0.4, 0.5) is 0 Å². The van der Waals surface area contributed by atoms with Gasteiger partial charge >= 0.3 is 5.97 Å². The lowest BCUT2D eigenvalue weighted by Gasteiger charge is -2.36. The molecule has 0 fully saturated rings. The van der Waals surface area contributed by atoms with E-state index in [4.69, 9.17) is 0 Å². The molecule has 2 aliphatic heterocycles. The van der Waals surface area contributed by atoms with Crippen LogP contribution in [0.2, 0.25) is 0 Å². The number of H-pyrrole nitrogens is 1. The summed E-state index contributed by atoms with van der Waals surface area (Å²) in [6.07, 6.45) is 0.503. The van der Waals surface area contributed by atoms with Crippen molar-refractivity contribution in [3.63, 3.8) is 0 Å². The number of rotatable bonds is 2. The minimum Gasteiger partial charge on any atom is -0.480 e. The summed E-state index contributed by atoms with van der Waals surface area (Å²) in [5.41, 5.74) is 5.93. The molecule has 3 heterocycles. The van der Waals surface area contributed by atoms with Crippen LogP contribution in [0, 0.1) is 0 Å². The lowest BCUT2D eigenvalue weighted by atomic mass is 9.87. The van der Waals surface area contributed by atoms with Crippen molar-refractivity contribution in [2.75, 3.05) is 7.05 Å². The van der Waals surface area contributed by atoms with Crippen molar-refractivity contribution < 1.29 is 9.90 Å². The molecule has 2 aromatic carbocycles. The van der Waals surface area contributed by atoms with E-state index < -0.39 is 12.0 Å². The maximum atomic E-state index is 11.8. The first kappa shape index (κ1) is 15.6. The van der Waals surface area contributed by atoms with Gasteiger partial charge in [-0.2, -0.15) is 0 Å². The van der Waals surface area contributed by atoms with Crippen molar-refractivity contribution in [3.8, 4) is 0 Å². The van der Waals surface area contributed by atoms with E-state index in [1.165, 1.54) is 11.1 Å². The summed E-state index contributed by atoms with van der Waals surface area (Å²) in [5, 5.41) is 14.3. The molecule has 0 spiro atoms. The van der Waals surface area contributed by atoms with Gasteiger partial charge in [0.25, 0.3) is 0 Å². The molecule has 0 saturated heterocycles. The molecule has 5 heteroatoms. The van der Waals surface area contributed by atoms with Crippen LogP contribution in [0.1, 0.15) is 34.5 Å². The molecule has 0 aliphatic carbocycles. The number of benzene rings is 2. The standard InChI is InChI=1S/C21H21N3O2/c1-24-11-12-6-2-3-7-13(12)20(24)19-18-15(10-17(23-19)21(25)26)14-8-4-5-9-16(14)22-18/h2-9,17,19-20,22-23H,10-11H2,1H3,(H,25,26). The Morgan fingerprint density at radius 3 is 2.77 bits per heavy atom. The minimum absolute atomic E-state index is 0.0825. The van der Waals surface area contributed by atoms with Crippen molar-refractivity contribution >= 4 is 16.9 Å². The van der Waals surface area contributed by atoms with Gasteiger partial charge < -0.3 is 10.1 Å². The number of carboxylic acid groups (broad SMARTS) is 1. The van der Waals surface area contributed by atoms with E-state index in [0.717, 1.165) is 28.7 Å². The van der Waals surface area contributed by atoms with E-state index in [9.17, 15) is 9.90 Å². The highest BCUT2D eigenvalue weighted by molar-refractivity contribution is 5.86. The molecule has 2 aliphatic rings. The van der Waals surface area contributed by atoms with Crippen LogP contribution in [-0.2, 0) is 17.8 Å². The van der Waals surface area contributed by atoms with Gasteiger partial charge in [-0.25, -0.2) is 0 Å². The second-order valence-corrected chi connectivity index (χ2v) is 7.36. The average Bonchev–Trinajstić information content (AvgIpc) is 3.17. The number of aliphatic carboxylic acids is 1. The molecule has 5 nitrogen and oxygen atoms in total. The molecule has 1 aromatic heterocycles. The zero-order valence-electron chi connectivity index (χ0n) is 14.6. The topological polar surface area (TPSA) is 68.4 Å². The SMILES string of the molecule is CN1Cc2ccccc2C1C1NC(C(=O)O)Cc2c1[nH]c1ccccc21. The van der Waals surface area contributed by atoms with E-state index in [-0.39, 0.29) is 12.1 Å². The Hall–Kier alpha value is -2.63. The molecule has 3 aromatic rings. The van der Waals surface area contributed by atoms with Crippen LogP contribution >= 0.6 is 0 Å². The molecule has 3 atom stereocenters. The summed E-state index contributed by atoms with van der Waals surface area (Å²) in [7, 11) is 2.11. The normalized spacial score (nSPS) is 25.2. The Balaban J connectivity index is 1.68. The van der Waals surface area contributed by atoms with Crippen molar-refractivity contribution in [2.45, 2.75) is 31.1 Å². The number of para-hydroxylation sites is 1. The van der Waals surface area contributed by atoms with Crippen LogP contribution in [0.15, 0.2) is 48.5 Å². The number of carboxylic acids is 1.